The van der Waals surface area contributed by atoms with Gasteiger partial charge in [0.1, 0.15) is 24.3 Å². The molecule has 0 amide bonds. The number of nitrogens with one attached hydrogen (secondary N) is 2. The minimum Gasteiger partial charge on any atom is -0.493 e. The number of rotatable bonds is 6. The van der Waals surface area contributed by atoms with Gasteiger partial charge in [0.15, 0.2) is 17.3 Å². The van der Waals surface area contributed by atoms with E-state index in [1.807, 2.05) is 0 Å². The molecule has 2 atom stereocenters. The van der Waals surface area contributed by atoms with Crippen LogP contribution >= 0.6 is 11.6 Å². The molecule has 2 N–H and O–H groups in total. The lowest BCUT2D eigenvalue weighted by Gasteiger charge is -2.17. The number of halogens is 2. The largest absolute Gasteiger partial charge is 0.493 e. The van der Waals surface area contributed by atoms with Crippen LogP contribution in [0.2, 0.25) is 5.02 Å². The van der Waals surface area contributed by atoms with Gasteiger partial charge in [-0.25, -0.2) is 14.4 Å². The molecule has 8 nitrogen and oxygen atoms in total. The van der Waals surface area contributed by atoms with E-state index < -0.39 is 11.9 Å². The van der Waals surface area contributed by atoms with Crippen LogP contribution in [0.1, 0.15) is 6.42 Å². The predicted octanol–water partition coefficient (Wildman–Crippen LogP) is 3.46. The summed E-state index contributed by atoms with van der Waals surface area (Å²) in [6.07, 6.45) is 1.56. The van der Waals surface area contributed by atoms with Crippen molar-refractivity contribution in [3.05, 3.63) is 47.5 Å². The molecule has 1 saturated heterocycles. The van der Waals surface area contributed by atoms with Gasteiger partial charge in [-0.05, 0) is 18.2 Å². The Labute approximate surface area is 182 Å². The zero-order valence-electron chi connectivity index (χ0n) is 16.8. The number of carbonyl (C=O) groups excluding carboxylic acids is 1. The standard InChI is InChI=1S/C21H20ClFN4O4/c1-29-17-8-15-12(7-18(17)31-11-6-16(24-9-11)21(28)30-2)20(26-10-25-15)27-14-5-3-4-13(22)19(14)23/h3-5,7-8,10-11,16,24H,6,9H2,1-2H3,(H,25,26,27)/t11-,16-/m0/s1. The first-order valence-electron chi connectivity index (χ1n) is 9.51. The Morgan fingerprint density at radius 3 is 2.87 bits per heavy atom. The van der Waals surface area contributed by atoms with Gasteiger partial charge >= 0.3 is 5.97 Å². The molecule has 162 valence electrons. The zero-order valence-corrected chi connectivity index (χ0v) is 17.6. The molecule has 3 aromatic rings. The van der Waals surface area contributed by atoms with E-state index in [2.05, 4.69) is 20.6 Å². The second kappa shape index (κ2) is 8.91. The number of esters is 1. The minimum absolute atomic E-state index is 0.00273. The quantitative estimate of drug-likeness (QED) is 0.556. The fourth-order valence-electron chi connectivity index (χ4n) is 3.44. The van der Waals surface area contributed by atoms with Crippen LogP contribution in [0.5, 0.6) is 11.5 Å². The number of hydrogen-bond donors (Lipinski definition) is 2. The highest BCUT2D eigenvalue weighted by Gasteiger charge is 2.32. The summed E-state index contributed by atoms with van der Waals surface area (Å²) < 4.78 is 30.7. The summed E-state index contributed by atoms with van der Waals surface area (Å²) in [7, 11) is 2.88. The van der Waals surface area contributed by atoms with Crippen molar-refractivity contribution in [3.8, 4) is 11.5 Å². The maximum Gasteiger partial charge on any atom is 0.323 e. The highest BCUT2D eigenvalue weighted by atomic mass is 35.5. The van der Waals surface area contributed by atoms with Crippen molar-refractivity contribution < 1.29 is 23.4 Å². The first kappa shape index (κ1) is 21.1. The van der Waals surface area contributed by atoms with Gasteiger partial charge < -0.3 is 24.8 Å². The lowest BCUT2D eigenvalue weighted by molar-refractivity contribution is -0.142. The van der Waals surface area contributed by atoms with Gasteiger partial charge in [0, 0.05) is 24.4 Å². The third kappa shape index (κ3) is 4.33. The van der Waals surface area contributed by atoms with Crippen molar-refractivity contribution >= 4 is 40.0 Å². The van der Waals surface area contributed by atoms with E-state index in [1.54, 1.807) is 24.3 Å². The SMILES string of the molecule is COC(=O)[C@@H]1C[C@H](Oc2cc3c(Nc4cccc(Cl)c4F)ncnc3cc2OC)CN1. The Balaban J connectivity index is 1.66. The highest BCUT2D eigenvalue weighted by Crippen LogP contribution is 2.36. The van der Waals surface area contributed by atoms with Gasteiger partial charge in [0.25, 0.3) is 0 Å². The van der Waals surface area contributed by atoms with E-state index in [4.69, 9.17) is 25.8 Å². The fraction of sp³-hybridized carbons (Fsp3) is 0.286. The van der Waals surface area contributed by atoms with E-state index in [0.29, 0.717) is 41.2 Å². The second-order valence-electron chi connectivity index (χ2n) is 6.93. The molecule has 0 unspecified atom stereocenters. The van der Waals surface area contributed by atoms with Crippen molar-refractivity contribution in [2.75, 3.05) is 26.1 Å². The van der Waals surface area contributed by atoms with Crippen LogP contribution in [0, 0.1) is 5.82 Å². The molecule has 10 heteroatoms. The van der Waals surface area contributed by atoms with Crippen LogP contribution in [0.25, 0.3) is 10.9 Å². The monoisotopic (exact) mass is 446 g/mol. The number of ether oxygens (including phenoxy) is 3. The first-order chi connectivity index (χ1) is 15.0. The second-order valence-corrected chi connectivity index (χ2v) is 7.34. The molecule has 1 aliphatic heterocycles. The molecule has 1 aliphatic rings. The Bertz CT molecular complexity index is 1130. The summed E-state index contributed by atoms with van der Waals surface area (Å²) in [5.74, 6) is 0.409. The van der Waals surface area contributed by atoms with Gasteiger partial charge in [-0.15, -0.1) is 0 Å². The Kier molecular flexibility index (Phi) is 6.06. The Morgan fingerprint density at radius 1 is 1.26 bits per heavy atom. The number of hydrogen-bond acceptors (Lipinski definition) is 8. The minimum atomic E-state index is -0.577. The third-order valence-electron chi connectivity index (χ3n) is 5.00. The molecule has 1 fully saturated rings. The number of aromatic nitrogens is 2. The molecule has 0 radical (unpaired) electrons. The van der Waals surface area contributed by atoms with E-state index in [0.717, 1.165) is 0 Å². The molecule has 31 heavy (non-hydrogen) atoms. The number of methoxy groups -OCH3 is 2. The molecule has 2 aromatic carbocycles. The Hall–Kier alpha value is -3.17. The molecule has 0 bridgehead atoms. The van der Waals surface area contributed by atoms with Gasteiger partial charge in [0.05, 0.1) is 30.4 Å². The van der Waals surface area contributed by atoms with Crippen LogP contribution in [0.4, 0.5) is 15.9 Å². The van der Waals surface area contributed by atoms with Crippen molar-refractivity contribution in [2.24, 2.45) is 0 Å². The lowest BCUT2D eigenvalue weighted by atomic mass is 10.1. The normalized spacial score (nSPS) is 18.1. The number of benzene rings is 2. The van der Waals surface area contributed by atoms with Crippen LogP contribution in [0.15, 0.2) is 36.7 Å². The highest BCUT2D eigenvalue weighted by molar-refractivity contribution is 6.31. The van der Waals surface area contributed by atoms with Crippen molar-refractivity contribution in [1.82, 2.24) is 15.3 Å². The summed E-state index contributed by atoms with van der Waals surface area (Å²) in [6.45, 7) is 0.477. The van der Waals surface area contributed by atoms with Gasteiger partial charge in [-0.2, -0.15) is 0 Å². The van der Waals surface area contributed by atoms with E-state index in [-0.39, 0.29) is 22.8 Å². The smallest absolute Gasteiger partial charge is 0.323 e. The number of anilines is 2. The summed E-state index contributed by atoms with van der Waals surface area (Å²) in [6, 6.07) is 7.69. The van der Waals surface area contributed by atoms with Crippen molar-refractivity contribution in [2.45, 2.75) is 18.6 Å². The summed E-state index contributed by atoms with van der Waals surface area (Å²) in [4.78, 5) is 20.3. The average Bonchev–Trinajstić information content (AvgIpc) is 3.25. The van der Waals surface area contributed by atoms with E-state index >= 15 is 0 Å². The molecular weight excluding hydrogens is 427 g/mol. The van der Waals surface area contributed by atoms with E-state index in [9.17, 15) is 9.18 Å². The van der Waals surface area contributed by atoms with Crippen molar-refractivity contribution in [3.63, 3.8) is 0 Å². The molecule has 2 heterocycles. The van der Waals surface area contributed by atoms with Crippen LogP contribution < -0.4 is 20.1 Å². The van der Waals surface area contributed by atoms with E-state index in [1.165, 1.54) is 26.6 Å². The number of fused-ring (bicyclic) bond motifs is 1. The first-order valence-corrected chi connectivity index (χ1v) is 9.89. The van der Waals surface area contributed by atoms with Gasteiger partial charge in [-0.1, -0.05) is 17.7 Å². The molecule has 4 rings (SSSR count). The molecule has 0 spiro atoms. The summed E-state index contributed by atoms with van der Waals surface area (Å²) in [5, 5.41) is 6.65. The molecule has 0 aliphatic carbocycles. The fourth-order valence-corrected chi connectivity index (χ4v) is 3.61. The van der Waals surface area contributed by atoms with Crippen LogP contribution in [0.3, 0.4) is 0 Å². The van der Waals surface area contributed by atoms with Gasteiger partial charge in [-0.3, -0.25) is 4.79 Å². The maximum atomic E-state index is 14.4. The third-order valence-corrected chi connectivity index (χ3v) is 5.29. The maximum absolute atomic E-state index is 14.4. The molecule has 0 saturated carbocycles. The summed E-state index contributed by atoms with van der Waals surface area (Å²) in [5.41, 5.74) is 0.771. The van der Waals surface area contributed by atoms with Crippen LogP contribution in [-0.2, 0) is 9.53 Å². The molecule has 1 aromatic heterocycles. The number of nitrogens with zero attached hydrogens (tertiary/aromatic N) is 2. The zero-order chi connectivity index (χ0) is 22.0. The molecular formula is C21H20ClFN4O4. The average molecular weight is 447 g/mol. The topological polar surface area (TPSA) is 94.6 Å². The van der Waals surface area contributed by atoms with Crippen molar-refractivity contribution in [1.29, 1.82) is 0 Å². The number of carbonyl (C=O) groups is 1. The van der Waals surface area contributed by atoms with Gasteiger partial charge in [0.2, 0.25) is 0 Å². The predicted molar refractivity (Wildman–Crippen MR) is 114 cm³/mol. The summed E-state index contributed by atoms with van der Waals surface area (Å²) >= 11 is 5.88. The van der Waals surface area contributed by atoms with Crippen LogP contribution in [-0.4, -0.2) is 48.8 Å². The lowest BCUT2D eigenvalue weighted by Crippen LogP contribution is -2.31. The Morgan fingerprint density at radius 2 is 2.10 bits per heavy atom.